The third-order valence-corrected chi connectivity index (χ3v) is 3.66. The zero-order valence-corrected chi connectivity index (χ0v) is 13.9. The molecule has 0 bridgehead atoms. The minimum Gasteiger partial charge on any atom is -0.461 e. The highest BCUT2D eigenvalue weighted by Crippen LogP contribution is 2.16. The molecule has 0 fully saturated rings. The summed E-state index contributed by atoms with van der Waals surface area (Å²) in [5.74, 6) is 0.255. The van der Waals surface area contributed by atoms with Gasteiger partial charge in [0.15, 0.2) is 0 Å². The van der Waals surface area contributed by atoms with Gasteiger partial charge in [0.2, 0.25) is 5.82 Å². The molecule has 0 aliphatic rings. The van der Waals surface area contributed by atoms with Gasteiger partial charge in [0.05, 0.1) is 17.9 Å². The van der Waals surface area contributed by atoms with E-state index in [4.69, 9.17) is 4.74 Å². The Hall–Kier alpha value is -3.28. The predicted octanol–water partition coefficient (Wildman–Crippen LogP) is 3.31. The van der Waals surface area contributed by atoms with Gasteiger partial charge in [-0.25, -0.2) is 4.79 Å². The van der Waals surface area contributed by atoms with Gasteiger partial charge in [-0.2, -0.15) is 0 Å². The van der Waals surface area contributed by atoms with Crippen LogP contribution in [0.3, 0.4) is 0 Å². The smallest absolute Gasteiger partial charge is 0.338 e. The van der Waals surface area contributed by atoms with Crippen LogP contribution < -0.4 is 0 Å². The second-order valence-corrected chi connectivity index (χ2v) is 5.63. The first-order chi connectivity index (χ1) is 12.2. The van der Waals surface area contributed by atoms with Crippen molar-refractivity contribution >= 4 is 5.97 Å². The Balaban J connectivity index is 1.71. The summed E-state index contributed by atoms with van der Waals surface area (Å²) < 4.78 is 5.23. The van der Waals surface area contributed by atoms with E-state index in [1.165, 1.54) is 4.80 Å². The van der Waals surface area contributed by atoms with E-state index in [2.05, 4.69) is 22.0 Å². The van der Waals surface area contributed by atoms with Gasteiger partial charge in [-0.3, -0.25) is 0 Å². The maximum absolute atomic E-state index is 12.0. The van der Waals surface area contributed by atoms with Gasteiger partial charge in [-0.1, -0.05) is 43.3 Å². The van der Waals surface area contributed by atoms with Crippen molar-refractivity contribution in [3.05, 3.63) is 72.8 Å². The number of hydrogen-bond donors (Lipinski definition) is 0. The molecule has 1 unspecified atom stereocenters. The normalized spacial score (nSPS) is 11.7. The fraction of sp³-hybridized carbons (Fsp3) is 0.158. The van der Waals surface area contributed by atoms with Crippen molar-refractivity contribution in [2.75, 3.05) is 6.61 Å². The standard InChI is InChI=1S/C19H18N4O2/c1-3-14(2)13-25-19(24)16-11-9-15(10-12-16)18-20-22-23(21-18)17-7-5-4-6-8-17/h3-12,14H,1,13H2,2H3. The average molecular weight is 334 g/mol. The van der Waals surface area contributed by atoms with Crippen LogP contribution in [0.5, 0.6) is 0 Å². The molecule has 0 aliphatic carbocycles. The number of carbonyl (C=O) groups excluding carboxylic acids is 1. The van der Waals surface area contributed by atoms with Crippen LogP contribution in [0.4, 0.5) is 0 Å². The Morgan fingerprint density at radius 1 is 1.20 bits per heavy atom. The third kappa shape index (κ3) is 3.98. The molecular formula is C19H18N4O2. The highest BCUT2D eigenvalue weighted by molar-refractivity contribution is 5.89. The molecule has 25 heavy (non-hydrogen) atoms. The van der Waals surface area contributed by atoms with Crippen molar-refractivity contribution in [2.24, 2.45) is 5.92 Å². The van der Waals surface area contributed by atoms with Gasteiger partial charge in [0, 0.05) is 11.5 Å². The lowest BCUT2D eigenvalue weighted by Crippen LogP contribution is -2.10. The lowest BCUT2D eigenvalue weighted by Gasteiger charge is -2.07. The summed E-state index contributed by atoms with van der Waals surface area (Å²) >= 11 is 0. The Bertz CT molecular complexity index is 857. The highest BCUT2D eigenvalue weighted by Gasteiger charge is 2.11. The van der Waals surface area contributed by atoms with Gasteiger partial charge < -0.3 is 4.74 Å². The van der Waals surface area contributed by atoms with Crippen LogP contribution in [-0.4, -0.2) is 32.8 Å². The van der Waals surface area contributed by atoms with E-state index < -0.39 is 0 Å². The van der Waals surface area contributed by atoms with Crippen LogP contribution in [0.25, 0.3) is 17.1 Å². The SMILES string of the molecule is C=CC(C)COC(=O)c1ccc(-c2nnn(-c3ccccc3)n2)cc1. The summed E-state index contributed by atoms with van der Waals surface area (Å²) in [6.45, 7) is 5.92. The molecule has 3 rings (SSSR count). The first-order valence-electron chi connectivity index (χ1n) is 7.93. The molecule has 0 saturated heterocycles. The van der Waals surface area contributed by atoms with Crippen molar-refractivity contribution in [2.45, 2.75) is 6.92 Å². The molecule has 0 amide bonds. The fourth-order valence-corrected chi connectivity index (χ4v) is 2.11. The lowest BCUT2D eigenvalue weighted by molar-refractivity contribution is 0.0472. The zero-order valence-electron chi connectivity index (χ0n) is 13.9. The fourth-order valence-electron chi connectivity index (χ4n) is 2.11. The largest absolute Gasteiger partial charge is 0.461 e. The van der Waals surface area contributed by atoms with Crippen molar-refractivity contribution in [3.8, 4) is 17.1 Å². The number of rotatable bonds is 6. The maximum Gasteiger partial charge on any atom is 0.338 e. The number of ether oxygens (including phenoxy) is 1. The monoisotopic (exact) mass is 334 g/mol. The van der Waals surface area contributed by atoms with Gasteiger partial charge in [-0.05, 0) is 29.5 Å². The number of esters is 1. The van der Waals surface area contributed by atoms with Crippen molar-refractivity contribution in [3.63, 3.8) is 0 Å². The van der Waals surface area contributed by atoms with Crippen LogP contribution in [-0.2, 0) is 4.74 Å². The van der Waals surface area contributed by atoms with E-state index in [1.54, 1.807) is 30.3 Å². The van der Waals surface area contributed by atoms with Crippen LogP contribution in [0.15, 0.2) is 67.3 Å². The summed E-state index contributed by atoms with van der Waals surface area (Å²) in [4.78, 5) is 13.5. The van der Waals surface area contributed by atoms with Crippen LogP contribution in [0, 0.1) is 5.92 Å². The van der Waals surface area contributed by atoms with E-state index in [9.17, 15) is 4.79 Å². The second kappa shape index (κ2) is 7.53. The maximum atomic E-state index is 12.0. The number of benzene rings is 2. The number of tetrazole rings is 1. The quantitative estimate of drug-likeness (QED) is 0.511. The van der Waals surface area contributed by atoms with E-state index in [0.29, 0.717) is 18.0 Å². The third-order valence-electron chi connectivity index (χ3n) is 3.66. The molecule has 6 nitrogen and oxygen atoms in total. The molecule has 0 saturated carbocycles. The summed E-state index contributed by atoms with van der Waals surface area (Å²) in [5, 5.41) is 12.5. The summed E-state index contributed by atoms with van der Waals surface area (Å²) in [7, 11) is 0. The van der Waals surface area contributed by atoms with Crippen LogP contribution in [0.1, 0.15) is 17.3 Å². The van der Waals surface area contributed by atoms with Gasteiger partial charge >= 0.3 is 5.97 Å². The highest BCUT2D eigenvalue weighted by atomic mass is 16.5. The summed E-state index contributed by atoms with van der Waals surface area (Å²) in [5.41, 5.74) is 2.09. The number of nitrogens with zero attached hydrogens (tertiary/aromatic N) is 4. The van der Waals surface area contributed by atoms with E-state index in [-0.39, 0.29) is 11.9 Å². The Morgan fingerprint density at radius 2 is 1.92 bits per heavy atom. The van der Waals surface area contributed by atoms with Crippen molar-refractivity contribution in [1.82, 2.24) is 20.2 Å². The molecule has 0 spiro atoms. The van der Waals surface area contributed by atoms with Gasteiger partial charge in [-0.15, -0.1) is 21.6 Å². The molecule has 3 aromatic rings. The summed E-state index contributed by atoms with van der Waals surface area (Å²) in [6, 6.07) is 16.5. The summed E-state index contributed by atoms with van der Waals surface area (Å²) in [6.07, 6.45) is 1.75. The first kappa shape index (κ1) is 16.6. The van der Waals surface area contributed by atoms with Gasteiger partial charge in [0.1, 0.15) is 0 Å². The predicted molar refractivity (Wildman–Crippen MR) is 94.2 cm³/mol. The van der Waals surface area contributed by atoms with Crippen LogP contribution in [0.2, 0.25) is 0 Å². The number of aromatic nitrogens is 4. The second-order valence-electron chi connectivity index (χ2n) is 5.63. The molecular weight excluding hydrogens is 316 g/mol. The van der Waals surface area contributed by atoms with E-state index in [1.807, 2.05) is 37.3 Å². The topological polar surface area (TPSA) is 69.9 Å². The minimum absolute atomic E-state index is 0.125. The number of hydrogen-bond acceptors (Lipinski definition) is 5. The Kier molecular flexibility index (Phi) is 4.99. The number of carbonyl (C=O) groups is 1. The molecule has 1 aromatic heterocycles. The van der Waals surface area contributed by atoms with E-state index >= 15 is 0 Å². The molecule has 6 heteroatoms. The number of para-hydroxylation sites is 1. The Morgan fingerprint density at radius 3 is 2.60 bits per heavy atom. The molecule has 1 heterocycles. The molecule has 1 atom stereocenters. The van der Waals surface area contributed by atoms with Crippen molar-refractivity contribution in [1.29, 1.82) is 0 Å². The van der Waals surface area contributed by atoms with Gasteiger partial charge in [0.25, 0.3) is 0 Å². The minimum atomic E-state index is -0.360. The molecule has 126 valence electrons. The van der Waals surface area contributed by atoms with E-state index in [0.717, 1.165) is 11.3 Å². The molecule has 0 radical (unpaired) electrons. The van der Waals surface area contributed by atoms with Crippen LogP contribution >= 0.6 is 0 Å². The molecule has 0 N–H and O–H groups in total. The molecule has 2 aromatic carbocycles. The first-order valence-corrected chi connectivity index (χ1v) is 7.93. The average Bonchev–Trinajstić information content (AvgIpc) is 3.17. The van der Waals surface area contributed by atoms with Crippen molar-refractivity contribution < 1.29 is 9.53 Å². The Labute approximate surface area is 145 Å². The lowest BCUT2D eigenvalue weighted by atomic mass is 10.1. The molecule has 0 aliphatic heterocycles. The zero-order chi connectivity index (χ0) is 17.6.